The average molecular weight is 414 g/mol. The van der Waals surface area contributed by atoms with E-state index < -0.39 is 4.92 Å². The first kappa shape index (κ1) is 20.3. The van der Waals surface area contributed by atoms with Crippen molar-refractivity contribution in [2.24, 2.45) is 5.92 Å². The number of non-ortho nitro benzene ring substituents is 1. The summed E-state index contributed by atoms with van der Waals surface area (Å²) in [6.45, 7) is 4.18. The van der Waals surface area contributed by atoms with Gasteiger partial charge in [-0.1, -0.05) is 12.8 Å². The molecule has 2 N–H and O–H groups in total. The van der Waals surface area contributed by atoms with E-state index in [0.717, 1.165) is 51.9 Å². The van der Waals surface area contributed by atoms with Gasteiger partial charge in [-0.2, -0.15) is 5.10 Å². The highest BCUT2D eigenvalue weighted by molar-refractivity contribution is 6.05. The first-order valence-corrected chi connectivity index (χ1v) is 10.4. The number of H-pyrrole nitrogens is 1. The minimum absolute atomic E-state index is 0.0806. The molecule has 2 fully saturated rings. The molecule has 0 atom stereocenters. The Bertz CT molecular complexity index is 944. The van der Waals surface area contributed by atoms with Crippen molar-refractivity contribution in [3.63, 3.8) is 0 Å². The number of hydrogen-bond acceptors (Lipinski definition) is 6. The fourth-order valence-electron chi connectivity index (χ4n) is 4.32. The molecule has 1 aromatic heterocycles. The smallest absolute Gasteiger partial charge is 0.272 e. The molecule has 160 valence electrons. The van der Waals surface area contributed by atoms with Crippen molar-refractivity contribution in [1.82, 2.24) is 25.3 Å². The molecule has 2 aromatic rings. The van der Waals surface area contributed by atoms with Crippen LogP contribution in [0.2, 0.25) is 0 Å². The van der Waals surface area contributed by atoms with E-state index in [9.17, 15) is 19.7 Å². The number of aromatic amines is 1. The number of nitro benzene ring substituents is 1. The van der Waals surface area contributed by atoms with Gasteiger partial charge in [0.2, 0.25) is 5.91 Å². The SMILES string of the molecule is O=C(NCCN1CCN(C(=O)C2CCCC2)CC1)c1n[nH]c2ccc([N+](=O)[O-])cc12. The molecule has 4 rings (SSSR count). The number of fused-ring (bicyclic) bond motifs is 1. The first-order valence-electron chi connectivity index (χ1n) is 10.4. The van der Waals surface area contributed by atoms with Crippen LogP contribution < -0.4 is 5.32 Å². The van der Waals surface area contributed by atoms with Gasteiger partial charge in [0, 0.05) is 62.7 Å². The van der Waals surface area contributed by atoms with Crippen LogP contribution in [0.3, 0.4) is 0 Å². The molecule has 1 aliphatic carbocycles. The molecule has 10 heteroatoms. The third kappa shape index (κ3) is 4.28. The van der Waals surface area contributed by atoms with Gasteiger partial charge in [0.1, 0.15) is 0 Å². The van der Waals surface area contributed by atoms with Crippen molar-refractivity contribution in [3.8, 4) is 0 Å². The fourth-order valence-corrected chi connectivity index (χ4v) is 4.32. The molecule has 1 saturated heterocycles. The Morgan fingerprint density at radius 2 is 1.93 bits per heavy atom. The van der Waals surface area contributed by atoms with Gasteiger partial charge >= 0.3 is 0 Å². The summed E-state index contributed by atoms with van der Waals surface area (Å²) in [6.07, 6.45) is 4.37. The minimum atomic E-state index is -0.495. The Morgan fingerprint density at radius 1 is 1.20 bits per heavy atom. The zero-order valence-electron chi connectivity index (χ0n) is 16.8. The molecule has 0 radical (unpaired) electrons. The number of carbonyl (C=O) groups excluding carboxylic acids is 2. The Kier molecular flexibility index (Phi) is 5.93. The molecule has 0 bridgehead atoms. The maximum Gasteiger partial charge on any atom is 0.272 e. The maximum absolute atomic E-state index is 12.5. The third-order valence-corrected chi connectivity index (χ3v) is 6.07. The number of nitro groups is 1. The van der Waals surface area contributed by atoms with Gasteiger partial charge < -0.3 is 10.2 Å². The van der Waals surface area contributed by atoms with E-state index in [1.807, 2.05) is 4.90 Å². The minimum Gasteiger partial charge on any atom is -0.349 e. The highest BCUT2D eigenvalue weighted by atomic mass is 16.6. The van der Waals surface area contributed by atoms with Crippen molar-refractivity contribution in [3.05, 3.63) is 34.0 Å². The molecule has 1 aromatic carbocycles. The predicted molar refractivity (Wildman–Crippen MR) is 110 cm³/mol. The summed E-state index contributed by atoms with van der Waals surface area (Å²) in [5, 5.41) is 21.0. The van der Waals surface area contributed by atoms with Gasteiger partial charge in [0.25, 0.3) is 11.6 Å². The number of hydrogen-bond donors (Lipinski definition) is 2. The number of carbonyl (C=O) groups is 2. The van der Waals surface area contributed by atoms with E-state index in [1.54, 1.807) is 6.07 Å². The van der Waals surface area contributed by atoms with Crippen LogP contribution >= 0.6 is 0 Å². The van der Waals surface area contributed by atoms with Gasteiger partial charge in [-0.05, 0) is 18.9 Å². The molecule has 30 heavy (non-hydrogen) atoms. The fraction of sp³-hybridized carbons (Fsp3) is 0.550. The van der Waals surface area contributed by atoms with Crippen LogP contribution in [-0.2, 0) is 4.79 Å². The Balaban J connectivity index is 1.25. The molecule has 1 saturated carbocycles. The summed E-state index contributed by atoms with van der Waals surface area (Å²) >= 11 is 0. The summed E-state index contributed by atoms with van der Waals surface area (Å²) < 4.78 is 0. The van der Waals surface area contributed by atoms with Gasteiger partial charge in [0.15, 0.2) is 5.69 Å². The lowest BCUT2D eigenvalue weighted by Crippen LogP contribution is -2.51. The van der Waals surface area contributed by atoms with Gasteiger partial charge in [-0.15, -0.1) is 0 Å². The number of amides is 2. The normalized spacial score (nSPS) is 18.1. The standard InChI is InChI=1S/C20H26N6O4/c27-19(18-16-13-15(26(29)30)5-6-17(16)22-23-18)21-7-8-24-9-11-25(12-10-24)20(28)14-3-1-2-4-14/h5-6,13-14H,1-4,7-12H2,(H,21,27)(H,22,23). The third-order valence-electron chi connectivity index (χ3n) is 6.07. The lowest BCUT2D eigenvalue weighted by atomic mass is 10.1. The van der Waals surface area contributed by atoms with Crippen molar-refractivity contribution in [2.45, 2.75) is 25.7 Å². The van der Waals surface area contributed by atoms with Crippen molar-refractivity contribution >= 4 is 28.4 Å². The largest absolute Gasteiger partial charge is 0.349 e. The van der Waals surface area contributed by atoms with E-state index in [1.165, 1.54) is 12.1 Å². The molecular formula is C20H26N6O4. The molecule has 0 unspecified atom stereocenters. The van der Waals surface area contributed by atoms with Gasteiger partial charge in [-0.25, -0.2) is 0 Å². The summed E-state index contributed by atoms with van der Waals surface area (Å²) in [5.74, 6) is 0.159. The number of piperazine rings is 1. The summed E-state index contributed by atoms with van der Waals surface area (Å²) in [7, 11) is 0. The number of aromatic nitrogens is 2. The van der Waals surface area contributed by atoms with Crippen LogP contribution in [0.1, 0.15) is 36.2 Å². The van der Waals surface area contributed by atoms with Crippen LogP contribution in [0.15, 0.2) is 18.2 Å². The molecule has 2 aliphatic rings. The Labute approximate surface area is 173 Å². The second kappa shape index (κ2) is 8.78. The number of nitrogens with one attached hydrogen (secondary N) is 2. The highest BCUT2D eigenvalue weighted by Gasteiger charge is 2.29. The number of benzene rings is 1. The quantitative estimate of drug-likeness (QED) is 0.546. The van der Waals surface area contributed by atoms with Crippen LogP contribution in [0.5, 0.6) is 0 Å². The van der Waals surface area contributed by atoms with E-state index in [2.05, 4.69) is 20.4 Å². The van der Waals surface area contributed by atoms with E-state index in [-0.39, 0.29) is 23.2 Å². The monoisotopic (exact) mass is 414 g/mol. The van der Waals surface area contributed by atoms with E-state index >= 15 is 0 Å². The zero-order valence-corrected chi connectivity index (χ0v) is 16.8. The van der Waals surface area contributed by atoms with E-state index in [4.69, 9.17) is 0 Å². The van der Waals surface area contributed by atoms with Crippen LogP contribution in [-0.4, -0.2) is 76.0 Å². The zero-order chi connectivity index (χ0) is 21.1. The molecule has 2 heterocycles. The maximum atomic E-state index is 12.5. The summed E-state index contributed by atoms with van der Waals surface area (Å²) in [6, 6.07) is 4.28. The van der Waals surface area contributed by atoms with Crippen molar-refractivity contribution in [1.29, 1.82) is 0 Å². The number of nitrogens with zero attached hydrogens (tertiary/aromatic N) is 4. The average Bonchev–Trinajstić information content (AvgIpc) is 3.43. The van der Waals surface area contributed by atoms with Gasteiger partial charge in [0.05, 0.1) is 10.4 Å². The first-order chi connectivity index (χ1) is 14.5. The van der Waals surface area contributed by atoms with Crippen LogP contribution in [0, 0.1) is 16.0 Å². The Morgan fingerprint density at radius 3 is 2.63 bits per heavy atom. The van der Waals surface area contributed by atoms with Gasteiger partial charge in [-0.3, -0.25) is 29.7 Å². The topological polar surface area (TPSA) is 124 Å². The lowest BCUT2D eigenvalue weighted by molar-refractivity contribution is -0.384. The summed E-state index contributed by atoms with van der Waals surface area (Å²) in [5.41, 5.74) is 0.650. The van der Waals surface area contributed by atoms with Crippen LogP contribution in [0.25, 0.3) is 10.9 Å². The highest BCUT2D eigenvalue weighted by Crippen LogP contribution is 2.27. The second-order valence-corrected chi connectivity index (χ2v) is 7.96. The second-order valence-electron chi connectivity index (χ2n) is 7.96. The molecule has 0 spiro atoms. The number of rotatable bonds is 6. The Hall–Kier alpha value is -3.01. The summed E-state index contributed by atoms with van der Waals surface area (Å²) in [4.78, 5) is 39.7. The van der Waals surface area contributed by atoms with Crippen LogP contribution in [0.4, 0.5) is 5.69 Å². The molecule has 2 amide bonds. The molecule has 1 aliphatic heterocycles. The van der Waals surface area contributed by atoms with E-state index in [0.29, 0.717) is 29.9 Å². The predicted octanol–water partition coefficient (Wildman–Crippen LogP) is 1.54. The molecule has 10 nitrogen and oxygen atoms in total. The van der Waals surface area contributed by atoms with Crippen molar-refractivity contribution < 1.29 is 14.5 Å². The van der Waals surface area contributed by atoms with Crippen molar-refractivity contribution in [2.75, 3.05) is 39.3 Å². The molecular weight excluding hydrogens is 388 g/mol. The lowest BCUT2D eigenvalue weighted by Gasteiger charge is -2.36.